The first-order valence-corrected chi connectivity index (χ1v) is 11.4. The van der Waals surface area contributed by atoms with Crippen molar-refractivity contribution >= 4 is 29.1 Å². The van der Waals surface area contributed by atoms with Crippen LogP contribution in [-0.2, 0) is 17.6 Å². The first kappa shape index (κ1) is 23.1. The molecule has 0 unspecified atom stereocenters. The van der Waals surface area contributed by atoms with Crippen molar-refractivity contribution in [2.45, 2.75) is 33.6 Å². The van der Waals surface area contributed by atoms with Crippen LogP contribution in [0.5, 0.6) is 0 Å². The van der Waals surface area contributed by atoms with Gasteiger partial charge >= 0.3 is 0 Å². The normalized spacial score (nSPS) is 11.1. The molecule has 2 aromatic carbocycles. The number of rotatable bonds is 7. The second-order valence-electron chi connectivity index (χ2n) is 7.94. The summed E-state index contributed by atoms with van der Waals surface area (Å²) in [5.74, 6) is 0.501. The molecule has 4 aromatic rings. The van der Waals surface area contributed by atoms with Crippen molar-refractivity contribution in [3.8, 4) is 17.1 Å². The number of oxazole rings is 1. The van der Waals surface area contributed by atoms with Gasteiger partial charge in [-0.25, -0.2) is 9.67 Å². The Morgan fingerprint density at radius 2 is 1.85 bits per heavy atom. The highest BCUT2D eigenvalue weighted by Gasteiger charge is 2.17. The van der Waals surface area contributed by atoms with Crippen molar-refractivity contribution in [3.63, 3.8) is 0 Å². The molecule has 33 heavy (non-hydrogen) atoms. The van der Waals surface area contributed by atoms with Gasteiger partial charge in [-0.1, -0.05) is 40.9 Å². The molecule has 0 radical (unpaired) electrons. The smallest absolute Gasteiger partial charge is 0.226 e. The number of carbonyl (C=O) groups excluding carboxylic acids is 1. The Labute approximate surface area is 202 Å². The van der Waals surface area contributed by atoms with Crippen molar-refractivity contribution in [2.75, 3.05) is 6.54 Å². The number of carbonyl (C=O) groups is 1. The van der Waals surface area contributed by atoms with Crippen molar-refractivity contribution in [2.24, 2.45) is 0 Å². The number of aryl methyl sites for hydroxylation is 2. The zero-order valence-electron chi connectivity index (χ0n) is 18.7. The van der Waals surface area contributed by atoms with Crippen LogP contribution in [-0.4, -0.2) is 27.2 Å². The molecule has 2 heterocycles. The maximum Gasteiger partial charge on any atom is 0.226 e. The number of nitrogens with one attached hydrogen (secondary N) is 1. The summed E-state index contributed by atoms with van der Waals surface area (Å²) in [5.41, 5.74) is 6.16. The van der Waals surface area contributed by atoms with Gasteiger partial charge < -0.3 is 9.73 Å². The van der Waals surface area contributed by atoms with Crippen LogP contribution in [0.4, 0.5) is 0 Å². The first-order valence-electron chi connectivity index (χ1n) is 10.6. The Morgan fingerprint density at radius 3 is 2.58 bits per heavy atom. The van der Waals surface area contributed by atoms with Gasteiger partial charge in [-0.3, -0.25) is 4.79 Å². The molecule has 0 fully saturated rings. The zero-order chi connectivity index (χ0) is 23.5. The van der Waals surface area contributed by atoms with Crippen LogP contribution in [0.2, 0.25) is 10.0 Å². The van der Waals surface area contributed by atoms with Gasteiger partial charge in [0.1, 0.15) is 6.26 Å². The van der Waals surface area contributed by atoms with Gasteiger partial charge in [-0.05, 0) is 51.1 Å². The maximum absolute atomic E-state index is 12.6. The Bertz CT molecular complexity index is 1290. The second-order valence-corrected chi connectivity index (χ2v) is 8.79. The van der Waals surface area contributed by atoms with Crippen LogP contribution in [0.15, 0.2) is 53.1 Å². The Morgan fingerprint density at radius 1 is 1.09 bits per heavy atom. The quantitative estimate of drug-likeness (QED) is 0.368. The maximum atomic E-state index is 12.6. The fraction of sp³-hybridized carbons (Fsp3) is 0.240. The van der Waals surface area contributed by atoms with E-state index in [0.717, 1.165) is 33.9 Å². The van der Waals surface area contributed by atoms with E-state index < -0.39 is 0 Å². The second kappa shape index (κ2) is 9.81. The summed E-state index contributed by atoms with van der Waals surface area (Å²) in [4.78, 5) is 17.1. The largest absolute Gasteiger partial charge is 0.444 e. The third-order valence-electron chi connectivity index (χ3n) is 5.47. The van der Waals surface area contributed by atoms with Crippen molar-refractivity contribution in [1.82, 2.24) is 20.1 Å². The highest BCUT2D eigenvalue weighted by molar-refractivity contribution is 6.35. The van der Waals surface area contributed by atoms with Crippen LogP contribution in [0.1, 0.15) is 28.2 Å². The van der Waals surface area contributed by atoms with Crippen LogP contribution in [0.25, 0.3) is 17.1 Å². The molecule has 0 saturated carbocycles. The monoisotopic (exact) mass is 482 g/mol. The zero-order valence-corrected chi connectivity index (χ0v) is 20.2. The van der Waals surface area contributed by atoms with Crippen LogP contribution < -0.4 is 5.32 Å². The summed E-state index contributed by atoms with van der Waals surface area (Å²) in [5, 5.41) is 8.59. The van der Waals surface area contributed by atoms with Crippen LogP contribution >= 0.6 is 23.2 Å². The summed E-state index contributed by atoms with van der Waals surface area (Å²) in [6.45, 7) is 6.32. The van der Waals surface area contributed by atoms with Crippen LogP contribution in [0.3, 0.4) is 0 Å². The number of hydrogen-bond donors (Lipinski definition) is 1. The molecule has 1 amide bonds. The highest BCUT2D eigenvalue weighted by Crippen LogP contribution is 2.27. The predicted molar refractivity (Wildman–Crippen MR) is 130 cm³/mol. The summed E-state index contributed by atoms with van der Waals surface area (Å²) in [7, 11) is 0. The Hall–Kier alpha value is -3.09. The van der Waals surface area contributed by atoms with Gasteiger partial charge in [-0.15, -0.1) is 0 Å². The van der Waals surface area contributed by atoms with Gasteiger partial charge in [0.05, 0.1) is 28.5 Å². The number of amides is 1. The lowest BCUT2D eigenvalue weighted by molar-refractivity contribution is -0.120. The standard InChI is InChI=1S/C25H24Cl2N4O2/c1-15-4-6-18(7-5-15)25-29-20(14-33-25)10-11-28-24(32)13-21-16(2)30-31(17(21)3)23-9-8-19(26)12-22(23)27/h4-9,12,14H,10-11,13H2,1-3H3,(H,28,32). The Kier molecular flexibility index (Phi) is 6.86. The summed E-state index contributed by atoms with van der Waals surface area (Å²) < 4.78 is 7.33. The third-order valence-corrected chi connectivity index (χ3v) is 6.01. The van der Waals surface area contributed by atoms with Gasteiger partial charge in [0.25, 0.3) is 0 Å². The molecule has 0 bridgehead atoms. The average Bonchev–Trinajstić information content (AvgIpc) is 3.35. The van der Waals surface area contributed by atoms with Crippen molar-refractivity contribution in [1.29, 1.82) is 0 Å². The van der Waals surface area contributed by atoms with Gasteiger partial charge in [0.2, 0.25) is 11.8 Å². The molecular weight excluding hydrogens is 459 g/mol. The third kappa shape index (κ3) is 5.29. The molecule has 0 aliphatic rings. The number of aromatic nitrogens is 3. The van der Waals surface area contributed by atoms with Gasteiger partial charge in [-0.2, -0.15) is 5.10 Å². The summed E-state index contributed by atoms with van der Waals surface area (Å²) in [6, 6.07) is 13.3. The van der Waals surface area contributed by atoms with Crippen LogP contribution in [0, 0.1) is 20.8 Å². The molecule has 0 aliphatic heterocycles. The molecular formula is C25H24Cl2N4O2. The number of hydrogen-bond acceptors (Lipinski definition) is 4. The fourth-order valence-electron chi connectivity index (χ4n) is 3.62. The molecule has 0 aliphatic carbocycles. The van der Waals surface area contributed by atoms with E-state index in [1.54, 1.807) is 23.1 Å². The molecule has 1 N–H and O–H groups in total. The minimum atomic E-state index is -0.0785. The van der Waals surface area contributed by atoms with E-state index >= 15 is 0 Å². The SMILES string of the molecule is Cc1ccc(-c2nc(CCNC(=O)Cc3c(C)nn(-c4ccc(Cl)cc4Cl)c3C)co2)cc1. The molecule has 6 nitrogen and oxygen atoms in total. The van der Waals surface area contributed by atoms with Crippen molar-refractivity contribution < 1.29 is 9.21 Å². The van der Waals surface area contributed by atoms with E-state index in [1.807, 2.05) is 51.1 Å². The molecule has 0 spiro atoms. The molecule has 4 rings (SSSR count). The lowest BCUT2D eigenvalue weighted by atomic mass is 10.1. The van der Waals surface area contributed by atoms with E-state index in [2.05, 4.69) is 15.4 Å². The summed E-state index contributed by atoms with van der Waals surface area (Å²) in [6.07, 6.45) is 2.45. The molecule has 8 heteroatoms. The van der Waals surface area contributed by atoms with Gasteiger partial charge in [0.15, 0.2) is 0 Å². The van der Waals surface area contributed by atoms with Gasteiger partial charge in [0, 0.05) is 34.8 Å². The van der Waals surface area contributed by atoms with E-state index in [1.165, 1.54) is 5.56 Å². The fourth-order valence-corrected chi connectivity index (χ4v) is 4.11. The molecule has 0 atom stereocenters. The highest BCUT2D eigenvalue weighted by atomic mass is 35.5. The first-order chi connectivity index (χ1) is 15.8. The van der Waals surface area contributed by atoms with Crippen molar-refractivity contribution in [3.05, 3.63) is 87.0 Å². The van der Waals surface area contributed by atoms with E-state index in [4.69, 9.17) is 27.6 Å². The Balaban J connectivity index is 1.36. The topological polar surface area (TPSA) is 73.0 Å². The number of halogens is 2. The lowest BCUT2D eigenvalue weighted by Gasteiger charge is -2.08. The van der Waals surface area contributed by atoms with E-state index in [-0.39, 0.29) is 12.3 Å². The predicted octanol–water partition coefficient (Wildman–Crippen LogP) is 5.66. The molecule has 170 valence electrons. The lowest BCUT2D eigenvalue weighted by Crippen LogP contribution is -2.27. The minimum absolute atomic E-state index is 0.0785. The number of nitrogens with zero attached hydrogens (tertiary/aromatic N) is 3. The minimum Gasteiger partial charge on any atom is -0.444 e. The molecule has 2 aromatic heterocycles. The number of benzene rings is 2. The summed E-state index contributed by atoms with van der Waals surface area (Å²) >= 11 is 12.3. The van der Waals surface area contributed by atoms with E-state index in [0.29, 0.717) is 28.9 Å². The molecule has 0 saturated heterocycles. The van der Waals surface area contributed by atoms with E-state index in [9.17, 15) is 4.79 Å². The average molecular weight is 483 g/mol.